The van der Waals surface area contributed by atoms with E-state index >= 15 is 0 Å². The van der Waals surface area contributed by atoms with Gasteiger partial charge < -0.3 is 10.2 Å². The van der Waals surface area contributed by atoms with Gasteiger partial charge in [0, 0.05) is 38.3 Å². The molecule has 1 aliphatic rings. The Morgan fingerprint density at radius 2 is 2.00 bits per heavy atom. The lowest BCUT2D eigenvalue weighted by Crippen LogP contribution is -2.54. The van der Waals surface area contributed by atoms with E-state index in [2.05, 4.69) is 50.0 Å². The van der Waals surface area contributed by atoms with E-state index in [1.807, 2.05) is 0 Å². The van der Waals surface area contributed by atoms with Crippen LogP contribution >= 0.6 is 0 Å². The molecule has 0 bridgehead atoms. The van der Waals surface area contributed by atoms with Crippen LogP contribution in [0.2, 0.25) is 0 Å². The molecular weight excluding hydrogens is 210 g/mol. The van der Waals surface area contributed by atoms with Gasteiger partial charge >= 0.3 is 0 Å². The van der Waals surface area contributed by atoms with Gasteiger partial charge in [-0.15, -0.1) is 0 Å². The lowest BCUT2D eigenvalue weighted by molar-refractivity contribution is 0.0810. The van der Waals surface area contributed by atoms with Gasteiger partial charge in [0.2, 0.25) is 0 Å². The summed E-state index contributed by atoms with van der Waals surface area (Å²) in [5.41, 5.74) is 0. The summed E-state index contributed by atoms with van der Waals surface area (Å²) in [7, 11) is 4.36. The van der Waals surface area contributed by atoms with Crippen LogP contribution in [0.15, 0.2) is 0 Å². The Morgan fingerprint density at radius 1 is 1.29 bits per heavy atom. The molecule has 102 valence electrons. The van der Waals surface area contributed by atoms with Gasteiger partial charge in [0.25, 0.3) is 0 Å². The summed E-state index contributed by atoms with van der Waals surface area (Å²) in [5, 5.41) is 3.49. The number of nitrogens with zero attached hydrogens (tertiary/aromatic N) is 2. The van der Waals surface area contributed by atoms with Gasteiger partial charge in [-0.05, 0) is 26.4 Å². The van der Waals surface area contributed by atoms with Crippen molar-refractivity contribution in [1.82, 2.24) is 15.1 Å². The highest BCUT2D eigenvalue weighted by molar-refractivity contribution is 4.83. The average Bonchev–Trinajstić information content (AvgIpc) is 2.36. The second-order valence-corrected chi connectivity index (χ2v) is 5.58. The van der Waals surface area contributed by atoms with E-state index in [1.54, 1.807) is 0 Å². The molecule has 1 aliphatic heterocycles. The standard InChI is InChI=1S/C14H31N3/c1-6-12(3)14(15-4)11-17-9-8-16(5)13(7-2)10-17/h12-15H,6-11H2,1-5H3. The zero-order valence-electron chi connectivity index (χ0n) is 12.4. The summed E-state index contributed by atoms with van der Waals surface area (Å²) in [6.45, 7) is 11.8. The summed E-state index contributed by atoms with van der Waals surface area (Å²) in [5.74, 6) is 0.764. The molecule has 0 aliphatic carbocycles. The monoisotopic (exact) mass is 241 g/mol. The van der Waals surface area contributed by atoms with Crippen molar-refractivity contribution < 1.29 is 0 Å². The molecular formula is C14H31N3. The maximum Gasteiger partial charge on any atom is 0.0218 e. The Kier molecular flexibility index (Phi) is 6.45. The van der Waals surface area contributed by atoms with Crippen molar-refractivity contribution >= 4 is 0 Å². The molecule has 0 radical (unpaired) electrons. The number of rotatable bonds is 6. The predicted octanol–water partition coefficient (Wildman–Crippen LogP) is 1.65. The van der Waals surface area contributed by atoms with E-state index in [4.69, 9.17) is 0 Å². The van der Waals surface area contributed by atoms with Crippen molar-refractivity contribution in [2.24, 2.45) is 5.92 Å². The van der Waals surface area contributed by atoms with Crippen molar-refractivity contribution in [1.29, 1.82) is 0 Å². The largest absolute Gasteiger partial charge is 0.315 e. The van der Waals surface area contributed by atoms with E-state index in [-0.39, 0.29) is 0 Å². The second kappa shape index (κ2) is 7.34. The third kappa shape index (κ3) is 4.23. The molecule has 0 aromatic rings. The smallest absolute Gasteiger partial charge is 0.0218 e. The molecule has 3 atom stereocenters. The van der Waals surface area contributed by atoms with E-state index in [1.165, 1.54) is 39.0 Å². The van der Waals surface area contributed by atoms with Gasteiger partial charge in [-0.2, -0.15) is 0 Å². The SMILES string of the molecule is CCC(C)C(CN1CCN(C)C(CC)C1)NC. The fourth-order valence-corrected chi connectivity index (χ4v) is 2.74. The van der Waals surface area contributed by atoms with Crippen LogP contribution in [0.3, 0.4) is 0 Å². The predicted molar refractivity (Wildman–Crippen MR) is 75.5 cm³/mol. The zero-order valence-corrected chi connectivity index (χ0v) is 12.4. The van der Waals surface area contributed by atoms with Gasteiger partial charge in [0.15, 0.2) is 0 Å². The highest BCUT2D eigenvalue weighted by atomic mass is 15.3. The summed E-state index contributed by atoms with van der Waals surface area (Å²) in [4.78, 5) is 5.15. The van der Waals surface area contributed by atoms with Crippen LogP contribution in [0.5, 0.6) is 0 Å². The van der Waals surface area contributed by atoms with Gasteiger partial charge in [0.05, 0.1) is 0 Å². The first-order valence-corrected chi connectivity index (χ1v) is 7.22. The number of likely N-dealkylation sites (N-methyl/N-ethyl adjacent to an activating group) is 2. The minimum atomic E-state index is 0.640. The molecule has 0 aromatic heterocycles. The van der Waals surface area contributed by atoms with Gasteiger partial charge in [0.1, 0.15) is 0 Å². The number of hydrogen-bond donors (Lipinski definition) is 1. The van der Waals surface area contributed by atoms with Gasteiger partial charge in [-0.1, -0.05) is 27.2 Å². The fraction of sp³-hybridized carbons (Fsp3) is 1.00. The average molecular weight is 241 g/mol. The van der Waals surface area contributed by atoms with Crippen LogP contribution in [-0.4, -0.2) is 62.2 Å². The Labute approximate surface area is 108 Å². The van der Waals surface area contributed by atoms with Crippen molar-refractivity contribution in [2.45, 2.75) is 45.7 Å². The van der Waals surface area contributed by atoms with Crippen LogP contribution in [0, 0.1) is 5.92 Å². The highest BCUT2D eigenvalue weighted by Crippen LogP contribution is 2.14. The van der Waals surface area contributed by atoms with Crippen LogP contribution in [0.4, 0.5) is 0 Å². The fourth-order valence-electron chi connectivity index (χ4n) is 2.74. The van der Waals surface area contributed by atoms with Crippen molar-refractivity contribution in [3.05, 3.63) is 0 Å². The lowest BCUT2D eigenvalue weighted by Gasteiger charge is -2.41. The summed E-state index contributed by atoms with van der Waals surface area (Å²) < 4.78 is 0. The molecule has 0 spiro atoms. The molecule has 1 heterocycles. The third-order valence-electron chi connectivity index (χ3n) is 4.49. The Bertz CT molecular complexity index is 208. The van der Waals surface area contributed by atoms with E-state index in [0.29, 0.717) is 6.04 Å². The van der Waals surface area contributed by atoms with Crippen molar-refractivity contribution in [3.63, 3.8) is 0 Å². The minimum Gasteiger partial charge on any atom is -0.315 e. The molecule has 3 nitrogen and oxygen atoms in total. The molecule has 0 aromatic carbocycles. The van der Waals surface area contributed by atoms with Gasteiger partial charge in [-0.25, -0.2) is 0 Å². The first-order valence-electron chi connectivity index (χ1n) is 7.22. The van der Waals surface area contributed by atoms with Crippen molar-refractivity contribution in [3.8, 4) is 0 Å². The number of nitrogens with one attached hydrogen (secondary N) is 1. The summed E-state index contributed by atoms with van der Waals surface area (Å²) >= 11 is 0. The highest BCUT2D eigenvalue weighted by Gasteiger charge is 2.25. The zero-order chi connectivity index (χ0) is 12.8. The summed E-state index contributed by atoms with van der Waals surface area (Å²) in [6.07, 6.45) is 2.52. The molecule has 1 N–H and O–H groups in total. The van der Waals surface area contributed by atoms with Crippen LogP contribution in [0.1, 0.15) is 33.6 Å². The maximum atomic E-state index is 3.49. The first kappa shape index (κ1) is 14.9. The third-order valence-corrected chi connectivity index (χ3v) is 4.49. The molecule has 1 saturated heterocycles. The second-order valence-electron chi connectivity index (χ2n) is 5.58. The Balaban J connectivity index is 2.45. The minimum absolute atomic E-state index is 0.640. The van der Waals surface area contributed by atoms with E-state index in [0.717, 1.165) is 12.0 Å². The van der Waals surface area contributed by atoms with E-state index < -0.39 is 0 Å². The molecule has 0 saturated carbocycles. The van der Waals surface area contributed by atoms with E-state index in [9.17, 15) is 0 Å². The van der Waals surface area contributed by atoms with Gasteiger partial charge in [-0.3, -0.25) is 4.90 Å². The Hall–Kier alpha value is -0.120. The van der Waals surface area contributed by atoms with Crippen LogP contribution in [-0.2, 0) is 0 Å². The topological polar surface area (TPSA) is 18.5 Å². The Morgan fingerprint density at radius 3 is 2.53 bits per heavy atom. The first-order chi connectivity index (χ1) is 8.12. The molecule has 17 heavy (non-hydrogen) atoms. The molecule has 0 amide bonds. The maximum absolute atomic E-state index is 3.49. The van der Waals surface area contributed by atoms with Crippen molar-refractivity contribution in [2.75, 3.05) is 40.3 Å². The van der Waals surface area contributed by atoms with Crippen LogP contribution < -0.4 is 5.32 Å². The normalized spacial score (nSPS) is 27.0. The van der Waals surface area contributed by atoms with Crippen LogP contribution in [0.25, 0.3) is 0 Å². The molecule has 3 heteroatoms. The molecule has 3 unspecified atom stereocenters. The summed E-state index contributed by atoms with van der Waals surface area (Å²) in [6, 6.07) is 1.39. The molecule has 1 fully saturated rings. The number of piperazine rings is 1. The molecule has 1 rings (SSSR count). The lowest BCUT2D eigenvalue weighted by atomic mass is 9.98. The number of hydrogen-bond acceptors (Lipinski definition) is 3. The quantitative estimate of drug-likeness (QED) is 0.763.